The van der Waals surface area contributed by atoms with Crippen LogP contribution in [-0.4, -0.2) is 27.1 Å². The summed E-state index contributed by atoms with van der Waals surface area (Å²) in [6, 6.07) is 7.22. The van der Waals surface area contributed by atoms with Gasteiger partial charge in [0.2, 0.25) is 0 Å². The van der Waals surface area contributed by atoms with Crippen molar-refractivity contribution in [2.24, 2.45) is 0 Å². The maximum atomic E-state index is 12.0. The maximum Gasteiger partial charge on any atom is 0.335 e. The number of hydrogen-bond acceptors (Lipinski definition) is 4. The smallest absolute Gasteiger partial charge is 0.335 e. The average molecular weight is 272 g/mol. The predicted octanol–water partition coefficient (Wildman–Crippen LogP) is 2.05. The van der Waals surface area contributed by atoms with Crippen LogP contribution in [0.3, 0.4) is 0 Å². The number of aromatic nitrogens is 1. The molecule has 1 amide bonds. The van der Waals surface area contributed by atoms with Crippen LogP contribution in [-0.2, 0) is 0 Å². The number of rotatable bonds is 3. The molecule has 0 bridgehead atoms. The number of aromatic hydroxyl groups is 1. The molecule has 0 saturated carbocycles. The second-order valence-corrected chi connectivity index (χ2v) is 4.16. The summed E-state index contributed by atoms with van der Waals surface area (Å²) >= 11 is 0. The van der Waals surface area contributed by atoms with Crippen LogP contribution < -0.4 is 5.32 Å². The summed E-state index contributed by atoms with van der Waals surface area (Å²) in [4.78, 5) is 26.6. The molecule has 6 heteroatoms. The van der Waals surface area contributed by atoms with Gasteiger partial charge in [-0.1, -0.05) is 0 Å². The van der Waals surface area contributed by atoms with Crippen molar-refractivity contribution < 1.29 is 19.8 Å². The third-order valence-electron chi connectivity index (χ3n) is 2.72. The Morgan fingerprint density at radius 3 is 2.60 bits per heavy atom. The Morgan fingerprint density at radius 1 is 1.25 bits per heavy atom. The van der Waals surface area contributed by atoms with Crippen LogP contribution in [0.1, 0.15) is 26.4 Å². The molecule has 2 rings (SSSR count). The molecule has 0 aliphatic rings. The van der Waals surface area contributed by atoms with Gasteiger partial charge in [-0.25, -0.2) is 9.78 Å². The highest BCUT2D eigenvalue weighted by atomic mass is 16.4. The molecule has 3 N–H and O–H groups in total. The molecule has 102 valence electrons. The van der Waals surface area contributed by atoms with Gasteiger partial charge in [0.15, 0.2) is 5.69 Å². The van der Waals surface area contributed by atoms with Gasteiger partial charge in [0, 0.05) is 11.9 Å². The topological polar surface area (TPSA) is 99.5 Å². The van der Waals surface area contributed by atoms with E-state index in [4.69, 9.17) is 5.11 Å². The van der Waals surface area contributed by atoms with Gasteiger partial charge in [-0.05, 0) is 42.8 Å². The van der Waals surface area contributed by atoms with Crippen LogP contribution in [0.25, 0.3) is 0 Å². The number of carbonyl (C=O) groups is 2. The number of carboxylic acids is 1. The number of nitrogens with zero attached hydrogens (tertiary/aromatic N) is 1. The average Bonchev–Trinajstić information content (AvgIpc) is 2.41. The zero-order valence-electron chi connectivity index (χ0n) is 10.6. The largest absolute Gasteiger partial charge is 0.505 e. The van der Waals surface area contributed by atoms with E-state index in [1.165, 1.54) is 36.5 Å². The molecular weight excluding hydrogens is 260 g/mol. The molecule has 0 fully saturated rings. The van der Waals surface area contributed by atoms with E-state index in [-0.39, 0.29) is 17.0 Å². The van der Waals surface area contributed by atoms with Crippen molar-refractivity contribution in [3.8, 4) is 5.75 Å². The number of benzene rings is 1. The van der Waals surface area contributed by atoms with Crippen LogP contribution in [0.15, 0.2) is 36.5 Å². The van der Waals surface area contributed by atoms with E-state index in [1.54, 1.807) is 6.92 Å². The molecule has 0 unspecified atom stereocenters. The number of carboxylic acid groups (broad SMARTS) is 1. The Hall–Kier alpha value is -2.89. The number of aromatic carboxylic acids is 1. The van der Waals surface area contributed by atoms with Gasteiger partial charge < -0.3 is 15.5 Å². The molecule has 1 heterocycles. The zero-order valence-corrected chi connectivity index (χ0v) is 10.6. The summed E-state index contributed by atoms with van der Waals surface area (Å²) in [6.45, 7) is 1.68. The van der Waals surface area contributed by atoms with Crippen molar-refractivity contribution >= 4 is 17.6 Å². The Kier molecular flexibility index (Phi) is 3.65. The molecule has 0 saturated heterocycles. The van der Waals surface area contributed by atoms with Crippen molar-refractivity contribution in [3.63, 3.8) is 0 Å². The third kappa shape index (κ3) is 2.74. The van der Waals surface area contributed by atoms with Crippen molar-refractivity contribution in [2.45, 2.75) is 6.92 Å². The van der Waals surface area contributed by atoms with E-state index < -0.39 is 11.9 Å². The normalized spacial score (nSPS) is 10.1. The number of amides is 1. The minimum atomic E-state index is -1.03. The van der Waals surface area contributed by atoms with E-state index in [1.807, 2.05) is 0 Å². The van der Waals surface area contributed by atoms with Gasteiger partial charge in [-0.2, -0.15) is 0 Å². The molecule has 20 heavy (non-hydrogen) atoms. The van der Waals surface area contributed by atoms with Gasteiger partial charge in [-0.3, -0.25) is 4.79 Å². The Balaban J connectivity index is 2.25. The number of carbonyl (C=O) groups excluding carboxylic acids is 1. The highest BCUT2D eigenvalue weighted by molar-refractivity contribution is 6.05. The fourth-order valence-corrected chi connectivity index (χ4v) is 1.69. The number of pyridine rings is 1. The van der Waals surface area contributed by atoms with Gasteiger partial charge in [0.05, 0.1) is 5.56 Å². The number of nitrogens with one attached hydrogen (secondary N) is 1. The molecule has 0 aliphatic carbocycles. The van der Waals surface area contributed by atoms with Crippen LogP contribution >= 0.6 is 0 Å². The second-order valence-electron chi connectivity index (χ2n) is 4.16. The lowest BCUT2D eigenvalue weighted by Gasteiger charge is -2.09. The lowest BCUT2D eigenvalue weighted by Crippen LogP contribution is -2.14. The van der Waals surface area contributed by atoms with Crippen molar-refractivity contribution in [2.75, 3.05) is 5.32 Å². The molecule has 6 nitrogen and oxygen atoms in total. The zero-order chi connectivity index (χ0) is 14.7. The second kappa shape index (κ2) is 5.40. The van der Waals surface area contributed by atoms with Gasteiger partial charge in [0.25, 0.3) is 5.91 Å². The Bertz CT molecular complexity index is 683. The van der Waals surface area contributed by atoms with Crippen molar-refractivity contribution in [1.29, 1.82) is 0 Å². The quantitative estimate of drug-likeness (QED) is 0.794. The van der Waals surface area contributed by atoms with Gasteiger partial charge in [0.1, 0.15) is 5.75 Å². The van der Waals surface area contributed by atoms with Crippen molar-refractivity contribution in [1.82, 2.24) is 4.98 Å². The Morgan fingerprint density at radius 2 is 2.00 bits per heavy atom. The molecule has 2 aromatic rings. The molecule has 0 radical (unpaired) electrons. The number of anilines is 1. The summed E-state index contributed by atoms with van der Waals surface area (Å²) in [5.74, 6) is -1.81. The molecule has 0 aliphatic heterocycles. The highest BCUT2D eigenvalue weighted by Gasteiger charge is 2.14. The molecule has 1 aromatic carbocycles. The van der Waals surface area contributed by atoms with Gasteiger partial charge >= 0.3 is 5.97 Å². The van der Waals surface area contributed by atoms with Gasteiger partial charge in [-0.15, -0.1) is 0 Å². The van der Waals surface area contributed by atoms with E-state index in [0.29, 0.717) is 11.3 Å². The van der Waals surface area contributed by atoms with Crippen LogP contribution in [0.2, 0.25) is 0 Å². The first-order valence-electron chi connectivity index (χ1n) is 5.78. The Labute approximate surface area is 114 Å². The first kappa shape index (κ1) is 13.5. The lowest BCUT2D eigenvalue weighted by molar-refractivity contribution is 0.0696. The maximum absolute atomic E-state index is 12.0. The molecule has 0 spiro atoms. The predicted molar refractivity (Wildman–Crippen MR) is 72.0 cm³/mol. The molecule has 0 atom stereocenters. The number of hydrogen-bond donors (Lipinski definition) is 3. The fourth-order valence-electron chi connectivity index (χ4n) is 1.69. The molecule has 1 aromatic heterocycles. The van der Waals surface area contributed by atoms with Crippen LogP contribution in [0, 0.1) is 6.92 Å². The highest BCUT2D eigenvalue weighted by Crippen LogP contribution is 2.19. The summed E-state index contributed by atoms with van der Waals surface area (Å²) < 4.78 is 0. The summed E-state index contributed by atoms with van der Waals surface area (Å²) in [7, 11) is 0. The van der Waals surface area contributed by atoms with Crippen LogP contribution in [0.4, 0.5) is 5.69 Å². The third-order valence-corrected chi connectivity index (χ3v) is 2.72. The fraction of sp³-hybridized carbons (Fsp3) is 0.0714. The standard InChI is InChI=1S/C14H12N2O4/c1-8-7-9(14(19)20)4-5-10(8)16-13(18)12-11(17)3-2-6-15-12/h2-7,17H,1H3,(H,16,18)(H,19,20). The van der Waals surface area contributed by atoms with Crippen molar-refractivity contribution in [3.05, 3.63) is 53.3 Å². The lowest BCUT2D eigenvalue weighted by atomic mass is 10.1. The summed E-state index contributed by atoms with van der Waals surface area (Å²) in [6.07, 6.45) is 1.40. The first-order chi connectivity index (χ1) is 9.49. The summed E-state index contributed by atoms with van der Waals surface area (Å²) in [5, 5.41) is 21.0. The van der Waals surface area contributed by atoms with E-state index in [9.17, 15) is 14.7 Å². The molecular formula is C14H12N2O4. The van der Waals surface area contributed by atoms with E-state index >= 15 is 0 Å². The van der Waals surface area contributed by atoms with E-state index in [0.717, 1.165) is 0 Å². The monoisotopic (exact) mass is 272 g/mol. The van der Waals surface area contributed by atoms with E-state index in [2.05, 4.69) is 10.3 Å². The van der Waals surface area contributed by atoms with Crippen LogP contribution in [0.5, 0.6) is 5.75 Å². The summed E-state index contributed by atoms with van der Waals surface area (Å²) in [5.41, 5.74) is 1.12. The minimum absolute atomic E-state index is 0.0887. The number of aryl methyl sites for hydroxylation is 1. The SMILES string of the molecule is Cc1cc(C(=O)O)ccc1NC(=O)c1ncccc1O. The first-order valence-corrected chi connectivity index (χ1v) is 5.78. The minimum Gasteiger partial charge on any atom is -0.505 e.